The van der Waals surface area contributed by atoms with Gasteiger partial charge in [-0.25, -0.2) is 0 Å². The van der Waals surface area contributed by atoms with Crippen LogP contribution in [0.3, 0.4) is 0 Å². The van der Waals surface area contributed by atoms with Gasteiger partial charge in [0.2, 0.25) is 0 Å². The van der Waals surface area contributed by atoms with Crippen molar-refractivity contribution >= 4 is 11.6 Å². The normalized spacial score (nSPS) is 16.9. The maximum atomic E-state index is 10.6. The quantitative estimate of drug-likeness (QED) is 0.859. The first kappa shape index (κ1) is 12.7. The lowest BCUT2D eigenvalue weighted by Gasteiger charge is -2.29. The van der Waals surface area contributed by atoms with Crippen molar-refractivity contribution in [1.82, 2.24) is 0 Å². The van der Waals surface area contributed by atoms with E-state index in [0.29, 0.717) is 10.9 Å². The Bertz CT molecular complexity index is 575. The maximum Gasteiger partial charge on any atom is 0.104 e. The highest BCUT2D eigenvalue weighted by Crippen LogP contribution is 2.40. The van der Waals surface area contributed by atoms with E-state index in [1.54, 1.807) is 0 Å². The van der Waals surface area contributed by atoms with Crippen LogP contribution in [0.2, 0.25) is 5.02 Å². The Morgan fingerprint density at radius 1 is 1.05 bits per heavy atom. The van der Waals surface area contributed by atoms with E-state index in [1.165, 1.54) is 24.8 Å². The van der Waals surface area contributed by atoms with Gasteiger partial charge in [-0.05, 0) is 47.6 Å². The van der Waals surface area contributed by atoms with E-state index in [9.17, 15) is 5.11 Å². The molecule has 1 fully saturated rings. The molecule has 0 spiro atoms. The van der Waals surface area contributed by atoms with Crippen LogP contribution in [0.25, 0.3) is 0 Å². The predicted octanol–water partition coefficient (Wildman–Crippen LogP) is 4.69. The third-order valence-electron chi connectivity index (χ3n) is 4.00. The van der Waals surface area contributed by atoms with E-state index in [0.717, 1.165) is 11.1 Å². The molecule has 0 aliphatic heterocycles. The van der Waals surface area contributed by atoms with Crippen LogP contribution in [0.5, 0.6) is 0 Å². The van der Waals surface area contributed by atoms with Crippen LogP contribution < -0.4 is 0 Å². The first-order valence-corrected chi connectivity index (χ1v) is 7.16. The molecular formula is C17H17ClO. The average molecular weight is 273 g/mol. The number of rotatable bonds is 3. The minimum absolute atomic E-state index is 0.588. The van der Waals surface area contributed by atoms with Crippen LogP contribution in [0.1, 0.15) is 48.0 Å². The second-order valence-electron chi connectivity index (χ2n) is 5.21. The van der Waals surface area contributed by atoms with Gasteiger partial charge in [0.1, 0.15) is 6.10 Å². The van der Waals surface area contributed by atoms with Crippen LogP contribution in [-0.2, 0) is 0 Å². The fourth-order valence-corrected chi connectivity index (χ4v) is 2.91. The maximum absolute atomic E-state index is 10.6. The molecule has 1 aliphatic carbocycles. The summed E-state index contributed by atoms with van der Waals surface area (Å²) in [7, 11) is 0. The van der Waals surface area contributed by atoms with E-state index < -0.39 is 6.10 Å². The van der Waals surface area contributed by atoms with Gasteiger partial charge < -0.3 is 5.11 Å². The molecule has 3 rings (SSSR count). The van der Waals surface area contributed by atoms with E-state index in [2.05, 4.69) is 12.1 Å². The van der Waals surface area contributed by atoms with E-state index >= 15 is 0 Å². The fraction of sp³-hybridized carbons (Fsp3) is 0.294. The first-order valence-electron chi connectivity index (χ1n) is 6.78. The second kappa shape index (κ2) is 5.36. The summed E-state index contributed by atoms with van der Waals surface area (Å²) >= 11 is 6.01. The van der Waals surface area contributed by atoms with Crippen LogP contribution in [-0.4, -0.2) is 5.11 Å². The molecule has 0 saturated heterocycles. The van der Waals surface area contributed by atoms with Gasteiger partial charge in [0, 0.05) is 5.02 Å². The molecule has 0 aromatic heterocycles. The summed E-state index contributed by atoms with van der Waals surface area (Å²) in [5.74, 6) is 0.616. The Kier molecular flexibility index (Phi) is 3.58. The minimum atomic E-state index is -0.588. The van der Waals surface area contributed by atoms with Crippen molar-refractivity contribution < 1.29 is 5.11 Å². The molecule has 1 unspecified atom stereocenters. The van der Waals surface area contributed by atoms with Crippen molar-refractivity contribution in [2.45, 2.75) is 31.3 Å². The zero-order valence-corrected chi connectivity index (χ0v) is 11.5. The smallest absolute Gasteiger partial charge is 0.104 e. The number of halogens is 1. The van der Waals surface area contributed by atoms with Crippen molar-refractivity contribution in [1.29, 1.82) is 0 Å². The molecule has 1 saturated carbocycles. The summed E-state index contributed by atoms with van der Waals surface area (Å²) in [5, 5.41) is 11.3. The zero-order chi connectivity index (χ0) is 13.2. The van der Waals surface area contributed by atoms with Gasteiger partial charge in [0.05, 0.1) is 0 Å². The van der Waals surface area contributed by atoms with Crippen molar-refractivity contribution in [3.8, 4) is 0 Å². The van der Waals surface area contributed by atoms with E-state index in [4.69, 9.17) is 11.6 Å². The topological polar surface area (TPSA) is 20.2 Å². The Morgan fingerprint density at radius 3 is 2.53 bits per heavy atom. The first-order chi connectivity index (χ1) is 9.25. The number of aliphatic hydroxyl groups excluding tert-OH is 1. The monoisotopic (exact) mass is 272 g/mol. The summed E-state index contributed by atoms with van der Waals surface area (Å²) in [6, 6.07) is 15.7. The Labute approximate surface area is 118 Å². The van der Waals surface area contributed by atoms with Gasteiger partial charge in [-0.3, -0.25) is 0 Å². The van der Waals surface area contributed by atoms with Crippen molar-refractivity contribution in [3.05, 3.63) is 70.2 Å². The van der Waals surface area contributed by atoms with Gasteiger partial charge in [-0.15, -0.1) is 0 Å². The fourth-order valence-electron chi connectivity index (χ4n) is 2.71. The van der Waals surface area contributed by atoms with Gasteiger partial charge >= 0.3 is 0 Å². The minimum Gasteiger partial charge on any atom is -0.384 e. The molecule has 1 aliphatic rings. The Hall–Kier alpha value is -1.31. The molecule has 2 heteroatoms. The molecule has 2 aromatic rings. The molecule has 0 bridgehead atoms. The SMILES string of the molecule is OC(c1cccc(Cl)c1)c1ccccc1C1CCC1. The van der Waals surface area contributed by atoms with Crippen LogP contribution in [0.15, 0.2) is 48.5 Å². The average Bonchev–Trinajstić information content (AvgIpc) is 2.37. The van der Waals surface area contributed by atoms with Crippen molar-refractivity contribution in [2.24, 2.45) is 0 Å². The number of benzene rings is 2. The second-order valence-corrected chi connectivity index (χ2v) is 5.65. The molecule has 0 radical (unpaired) electrons. The molecule has 0 amide bonds. The van der Waals surface area contributed by atoms with Gasteiger partial charge in [-0.1, -0.05) is 54.4 Å². The number of hydrogen-bond acceptors (Lipinski definition) is 1. The third-order valence-corrected chi connectivity index (χ3v) is 4.24. The summed E-state index contributed by atoms with van der Waals surface area (Å²) in [5.41, 5.74) is 3.18. The summed E-state index contributed by atoms with van der Waals surface area (Å²) in [6.07, 6.45) is 3.18. The molecule has 98 valence electrons. The molecule has 2 aromatic carbocycles. The highest BCUT2D eigenvalue weighted by molar-refractivity contribution is 6.30. The Balaban J connectivity index is 1.97. The van der Waals surface area contributed by atoms with Crippen LogP contribution in [0, 0.1) is 0 Å². The van der Waals surface area contributed by atoms with Crippen molar-refractivity contribution in [2.75, 3.05) is 0 Å². The Morgan fingerprint density at radius 2 is 1.84 bits per heavy atom. The standard InChI is InChI=1S/C17H17ClO/c18-14-8-4-7-13(11-14)17(19)16-10-2-1-9-15(16)12-5-3-6-12/h1-2,4,7-12,17,19H,3,5-6H2. The molecule has 19 heavy (non-hydrogen) atoms. The molecule has 1 nitrogen and oxygen atoms in total. The molecule has 1 atom stereocenters. The highest BCUT2D eigenvalue weighted by Gasteiger charge is 2.24. The van der Waals surface area contributed by atoms with Gasteiger partial charge in [0.15, 0.2) is 0 Å². The molecule has 1 N–H and O–H groups in total. The number of aliphatic hydroxyl groups is 1. The largest absolute Gasteiger partial charge is 0.384 e. The van der Waals surface area contributed by atoms with Crippen molar-refractivity contribution in [3.63, 3.8) is 0 Å². The third kappa shape index (κ3) is 2.54. The highest BCUT2D eigenvalue weighted by atomic mass is 35.5. The summed E-state index contributed by atoms with van der Waals surface area (Å²) < 4.78 is 0. The van der Waals surface area contributed by atoms with Gasteiger partial charge in [0.25, 0.3) is 0 Å². The lowest BCUT2D eigenvalue weighted by molar-refractivity contribution is 0.217. The summed E-state index contributed by atoms with van der Waals surface area (Å²) in [6.45, 7) is 0. The zero-order valence-electron chi connectivity index (χ0n) is 10.7. The lowest BCUT2D eigenvalue weighted by atomic mass is 9.77. The van der Waals surface area contributed by atoms with Crippen LogP contribution in [0.4, 0.5) is 0 Å². The van der Waals surface area contributed by atoms with E-state index in [1.807, 2.05) is 36.4 Å². The lowest BCUT2D eigenvalue weighted by Crippen LogP contribution is -2.13. The molecule has 0 heterocycles. The number of hydrogen-bond donors (Lipinski definition) is 1. The van der Waals surface area contributed by atoms with Gasteiger partial charge in [-0.2, -0.15) is 0 Å². The van der Waals surface area contributed by atoms with E-state index in [-0.39, 0.29) is 0 Å². The molecular weight excluding hydrogens is 256 g/mol. The van der Waals surface area contributed by atoms with Crippen LogP contribution >= 0.6 is 11.6 Å². The predicted molar refractivity (Wildman–Crippen MR) is 78.5 cm³/mol. The summed E-state index contributed by atoms with van der Waals surface area (Å²) in [4.78, 5) is 0.